The summed E-state index contributed by atoms with van der Waals surface area (Å²) in [4.78, 5) is 17.6. The van der Waals surface area contributed by atoms with Crippen molar-refractivity contribution in [2.24, 2.45) is 0 Å². The molecule has 3 aromatic rings. The molecule has 1 aliphatic rings. The number of amides is 1. The molecular weight excluding hydrogens is 489 g/mol. The van der Waals surface area contributed by atoms with Gasteiger partial charge in [0, 0.05) is 38.3 Å². The molecule has 0 bridgehead atoms. The Balaban J connectivity index is 1.28. The van der Waals surface area contributed by atoms with Gasteiger partial charge in [-0.05, 0) is 35.9 Å². The Bertz CT molecular complexity index is 1150. The minimum absolute atomic E-state index is 0.182. The molecule has 34 heavy (non-hydrogen) atoms. The number of hydrogen-bond acceptors (Lipinski definition) is 4. The average Bonchev–Trinajstić information content (AvgIpc) is 2.85. The number of nitrogens with zero attached hydrogens (tertiary/aromatic N) is 2. The van der Waals surface area contributed by atoms with Crippen molar-refractivity contribution in [1.29, 1.82) is 0 Å². The van der Waals surface area contributed by atoms with Crippen LogP contribution in [0.5, 0.6) is 5.75 Å². The van der Waals surface area contributed by atoms with Gasteiger partial charge < -0.3 is 15.0 Å². The first kappa shape index (κ1) is 24.5. The first-order valence-corrected chi connectivity index (χ1v) is 12.2. The van der Waals surface area contributed by atoms with Crippen molar-refractivity contribution in [3.8, 4) is 5.75 Å². The third kappa shape index (κ3) is 6.48. The number of piperazine rings is 1. The molecule has 3 aromatic carbocycles. The fourth-order valence-electron chi connectivity index (χ4n) is 3.78. The second-order valence-corrected chi connectivity index (χ2v) is 9.22. The molecule has 0 spiro atoms. The summed E-state index contributed by atoms with van der Waals surface area (Å²) in [5, 5.41) is 3.60. The van der Waals surface area contributed by atoms with Gasteiger partial charge in [0.1, 0.15) is 10.7 Å². The molecule has 0 aliphatic carbocycles. The molecule has 176 valence electrons. The van der Waals surface area contributed by atoms with Crippen LogP contribution in [0.25, 0.3) is 0 Å². The van der Waals surface area contributed by atoms with E-state index >= 15 is 0 Å². The number of thiocarbonyl (C=S) groups is 1. The fourth-order valence-corrected chi connectivity index (χ4v) is 4.50. The summed E-state index contributed by atoms with van der Waals surface area (Å²) in [5.41, 5.74) is 2.72. The quantitative estimate of drug-likeness (QED) is 0.422. The molecule has 0 atom stereocenters. The molecule has 1 saturated heterocycles. The van der Waals surface area contributed by atoms with Crippen LogP contribution in [0.15, 0.2) is 72.8 Å². The molecule has 0 saturated carbocycles. The van der Waals surface area contributed by atoms with Crippen LogP contribution in [-0.4, -0.2) is 53.5 Å². The highest BCUT2D eigenvalue weighted by atomic mass is 35.5. The van der Waals surface area contributed by atoms with Crippen molar-refractivity contribution in [3.63, 3.8) is 0 Å². The first-order chi connectivity index (χ1) is 16.5. The van der Waals surface area contributed by atoms with Gasteiger partial charge in [0.2, 0.25) is 0 Å². The lowest BCUT2D eigenvalue weighted by molar-refractivity contribution is -0.118. The molecular formula is C26H25Cl2N3O2S. The van der Waals surface area contributed by atoms with Crippen LogP contribution in [0.2, 0.25) is 10.0 Å². The van der Waals surface area contributed by atoms with Gasteiger partial charge in [-0.25, -0.2) is 0 Å². The van der Waals surface area contributed by atoms with Crippen molar-refractivity contribution >= 4 is 52.0 Å². The Hall–Kier alpha value is -2.64. The number of ether oxygens (including phenoxy) is 1. The second-order valence-electron chi connectivity index (χ2n) is 8.02. The molecule has 1 N–H and O–H groups in total. The molecule has 1 fully saturated rings. The zero-order chi connectivity index (χ0) is 23.9. The first-order valence-electron chi connectivity index (χ1n) is 11.0. The van der Waals surface area contributed by atoms with Gasteiger partial charge in [-0.15, -0.1) is 0 Å². The highest BCUT2D eigenvalue weighted by molar-refractivity contribution is 7.80. The SMILES string of the molecule is O=C(COc1ccc(C(=S)N2CCN(Cc3ccccc3)CC2)cc1Cl)Nc1ccccc1Cl. The third-order valence-corrected chi connectivity index (χ3v) is 6.71. The number of rotatable bonds is 7. The summed E-state index contributed by atoms with van der Waals surface area (Å²) in [6, 6.07) is 22.9. The predicted octanol–water partition coefficient (Wildman–Crippen LogP) is 5.50. The number of hydrogen-bond donors (Lipinski definition) is 1. The van der Waals surface area contributed by atoms with Gasteiger partial charge >= 0.3 is 0 Å². The van der Waals surface area contributed by atoms with E-state index in [9.17, 15) is 4.79 Å². The molecule has 4 rings (SSSR count). The summed E-state index contributed by atoms with van der Waals surface area (Å²) < 4.78 is 5.61. The van der Waals surface area contributed by atoms with E-state index in [-0.39, 0.29) is 12.5 Å². The number of benzene rings is 3. The summed E-state index contributed by atoms with van der Waals surface area (Å²) in [6.07, 6.45) is 0. The average molecular weight is 514 g/mol. The Labute approximate surface area is 215 Å². The Kier molecular flexibility index (Phi) is 8.40. The van der Waals surface area contributed by atoms with E-state index in [2.05, 4.69) is 39.4 Å². The highest BCUT2D eigenvalue weighted by Gasteiger charge is 2.20. The van der Waals surface area contributed by atoms with Crippen LogP contribution in [0.1, 0.15) is 11.1 Å². The summed E-state index contributed by atoms with van der Waals surface area (Å²) in [6.45, 7) is 4.39. The summed E-state index contributed by atoms with van der Waals surface area (Å²) >= 11 is 18.2. The van der Waals surface area contributed by atoms with Gasteiger partial charge in [0.15, 0.2) is 6.61 Å². The minimum Gasteiger partial charge on any atom is -0.482 e. The number of carbonyl (C=O) groups excluding carboxylic acids is 1. The lowest BCUT2D eigenvalue weighted by atomic mass is 10.1. The van der Waals surface area contributed by atoms with E-state index in [1.54, 1.807) is 36.4 Å². The van der Waals surface area contributed by atoms with Crippen LogP contribution < -0.4 is 10.1 Å². The molecule has 1 aliphatic heterocycles. The van der Waals surface area contributed by atoms with Gasteiger partial charge in [0.25, 0.3) is 5.91 Å². The monoisotopic (exact) mass is 513 g/mol. The standard InChI is InChI=1S/C26H25Cl2N3O2S/c27-21-8-4-5-9-23(21)29-25(32)18-33-24-11-10-20(16-22(24)28)26(34)31-14-12-30(13-15-31)17-19-6-2-1-3-7-19/h1-11,16H,12-15,17-18H2,(H,29,32). The van der Waals surface area contributed by atoms with Crippen molar-refractivity contribution in [1.82, 2.24) is 9.80 Å². The normalized spacial score (nSPS) is 14.0. The lowest BCUT2D eigenvalue weighted by Crippen LogP contribution is -2.48. The summed E-state index contributed by atoms with van der Waals surface area (Å²) in [5.74, 6) is 0.104. The fraction of sp³-hybridized carbons (Fsp3) is 0.231. The molecule has 1 heterocycles. The molecule has 0 unspecified atom stereocenters. The maximum absolute atomic E-state index is 12.2. The highest BCUT2D eigenvalue weighted by Crippen LogP contribution is 2.27. The maximum atomic E-state index is 12.2. The van der Waals surface area contributed by atoms with Crippen LogP contribution in [0, 0.1) is 0 Å². The van der Waals surface area contributed by atoms with Crippen molar-refractivity contribution in [2.75, 3.05) is 38.1 Å². The molecule has 5 nitrogen and oxygen atoms in total. The van der Waals surface area contributed by atoms with E-state index in [1.165, 1.54) is 5.56 Å². The van der Waals surface area contributed by atoms with E-state index < -0.39 is 0 Å². The summed E-state index contributed by atoms with van der Waals surface area (Å²) in [7, 11) is 0. The van der Waals surface area contributed by atoms with Crippen LogP contribution in [0.3, 0.4) is 0 Å². The number of anilines is 1. The Morgan fingerprint density at radius 3 is 2.32 bits per heavy atom. The van der Waals surface area contributed by atoms with Crippen molar-refractivity contribution < 1.29 is 9.53 Å². The zero-order valence-corrected chi connectivity index (χ0v) is 20.9. The number of halogens is 2. The van der Waals surface area contributed by atoms with Gasteiger partial charge in [-0.2, -0.15) is 0 Å². The second kappa shape index (κ2) is 11.7. The topological polar surface area (TPSA) is 44.8 Å². The predicted molar refractivity (Wildman–Crippen MR) is 142 cm³/mol. The minimum atomic E-state index is -0.322. The smallest absolute Gasteiger partial charge is 0.262 e. The molecule has 8 heteroatoms. The van der Waals surface area contributed by atoms with Crippen LogP contribution in [-0.2, 0) is 11.3 Å². The molecule has 1 amide bonds. The van der Waals surface area contributed by atoms with Crippen LogP contribution >= 0.6 is 35.4 Å². The van der Waals surface area contributed by atoms with Gasteiger partial charge in [-0.3, -0.25) is 9.69 Å². The number of nitrogens with one attached hydrogen (secondary N) is 1. The number of para-hydroxylation sites is 1. The van der Waals surface area contributed by atoms with Crippen molar-refractivity contribution in [2.45, 2.75) is 6.54 Å². The molecule has 0 radical (unpaired) electrons. The van der Waals surface area contributed by atoms with Crippen LogP contribution in [0.4, 0.5) is 5.69 Å². The van der Waals surface area contributed by atoms with E-state index in [1.807, 2.05) is 12.1 Å². The molecule has 0 aromatic heterocycles. The van der Waals surface area contributed by atoms with E-state index in [4.69, 9.17) is 40.2 Å². The maximum Gasteiger partial charge on any atom is 0.262 e. The van der Waals surface area contributed by atoms with Crippen molar-refractivity contribution in [3.05, 3.63) is 94.0 Å². The third-order valence-electron chi connectivity index (χ3n) is 5.59. The number of carbonyl (C=O) groups is 1. The van der Waals surface area contributed by atoms with Gasteiger partial charge in [0.05, 0.1) is 15.7 Å². The Morgan fingerprint density at radius 1 is 0.912 bits per heavy atom. The van der Waals surface area contributed by atoms with E-state index in [0.717, 1.165) is 43.3 Å². The van der Waals surface area contributed by atoms with E-state index in [0.29, 0.717) is 21.5 Å². The Morgan fingerprint density at radius 2 is 1.62 bits per heavy atom. The lowest BCUT2D eigenvalue weighted by Gasteiger charge is -2.36. The van der Waals surface area contributed by atoms with Gasteiger partial charge in [-0.1, -0.05) is 77.9 Å². The largest absolute Gasteiger partial charge is 0.482 e. The zero-order valence-electron chi connectivity index (χ0n) is 18.5.